The van der Waals surface area contributed by atoms with E-state index in [2.05, 4.69) is 4.98 Å². The van der Waals surface area contributed by atoms with Crippen molar-refractivity contribution in [3.63, 3.8) is 0 Å². The van der Waals surface area contributed by atoms with Crippen LogP contribution in [0.15, 0.2) is 59.8 Å². The summed E-state index contributed by atoms with van der Waals surface area (Å²) >= 11 is 0. The zero-order chi connectivity index (χ0) is 29.5. The van der Waals surface area contributed by atoms with E-state index in [4.69, 9.17) is 0 Å². The lowest BCUT2D eigenvalue weighted by atomic mass is 9.51. The second-order valence-electron chi connectivity index (χ2n) is 11.8. The van der Waals surface area contributed by atoms with Crippen LogP contribution in [-0.2, 0) is 14.4 Å². The van der Waals surface area contributed by atoms with E-state index in [0.717, 1.165) is 16.7 Å². The summed E-state index contributed by atoms with van der Waals surface area (Å²) in [6.45, 7) is 6.52. The van der Waals surface area contributed by atoms with E-state index in [1.165, 1.54) is 6.92 Å². The van der Waals surface area contributed by atoms with E-state index in [1.54, 1.807) is 32.2 Å². The van der Waals surface area contributed by atoms with Gasteiger partial charge in [0.1, 0.15) is 5.75 Å². The van der Waals surface area contributed by atoms with Crippen molar-refractivity contribution in [2.24, 2.45) is 17.8 Å². The number of carbonyl (C=O) groups excluding carboxylic acids is 4. The van der Waals surface area contributed by atoms with Gasteiger partial charge < -0.3 is 20.3 Å². The number of rotatable bonds is 3. The van der Waals surface area contributed by atoms with Gasteiger partial charge in [-0.2, -0.15) is 0 Å². The molecule has 8 heteroatoms. The Morgan fingerprint density at radius 3 is 2.37 bits per heavy atom. The van der Waals surface area contributed by atoms with Gasteiger partial charge in [0.05, 0.1) is 23.2 Å². The average Bonchev–Trinajstić information content (AvgIpc) is 3.41. The predicted octanol–water partition coefficient (Wildman–Crippen LogP) is 4.06. The van der Waals surface area contributed by atoms with Crippen LogP contribution in [0.3, 0.4) is 0 Å². The largest absolute Gasteiger partial charge is 0.506 e. The normalized spacial score (nSPS) is 29.2. The lowest BCUT2D eigenvalue weighted by molar-refractivity contribution is -0.179. The molecule has 41 heavy (non-hydrogen) atoms. The van der Waals surface area contributed by atoms with Crippen molar-refractivity contribution in [2.75, 3.05) is 0 Å². The van der Waals surface area contributed by atoms with Gasteiger partial charge in [-0.15, -0.1) is 0 Å². The molecule has 3 aliphatic rings. The fourth-order valence-electron chi connectivity index (χ4n) is 7.30. The van der Waals surface area contributed by atoms with Crippen LogP contribution in [0.25, 0.3) is 22.4 Å². The van der Waals surface area contributed by atoms with E-state index < -0.39 is 58.5 Å². The number of Topliss-reactive ketones (excluding diaryl/α,β-unsaturated/α-hetero) is 4. The van der Waals surface area contributed by atoms with Crippen molar-refractivity contribution in [3.8, 4) is 28.1 Å². The smallest absolute Gasteiger partial charge is 0.205 e. The number of aliphatic hydroxyl groups excluding tert-OH is 1. The fraction of sp³-hybridized carbons (Fsp3) is 0.333. The van der Waals surface area contributed by atoms with Crippen molar-refractivity contribution >= 4 is 23.1 Å². The number of phenolic OH excluding ortho intramolecular Hbond substituents is 1. The summed E-state index contributed by atoms with van der Waals surface area (Å²) in [5.74, 6) is -7.95. The summed E-state index contributed by atoms with van der Waals surface area (Å²) in [4.78, 5) is 56.8. The summed E-state index contributed by atoms with van der Waals surface area (Å²) in [6, 6.07) is 13.2. The third-order valence-electron chi connectivity index (χ3n) is 9.43. The van der Waals surface area contributed by atoms with Crippen molar-refractivity contribution < 1.29 is 34.5 Å². The van der Waals surface area contributed by atoms with Crippen molar-refractivity contribution in [1.29, 1.82) is 0 Å². The summed E-state index contributed by atoms with van der Waals surface area (Å²) in [5, 5.41) is 34.5. The molecule has 0 bridgehead atoms. The van der Waals surface area contributed by atoms with Gasteiger partial charge in [-0.1, -0.05) is 48.4 Å². The summed E-state index contributed by atoms with van der Waals surface area (Å²) in [7, 11) is 0. The van der Waals surface area contributed by atoms with Crippen LogP contribution in [0.5, 0.6) is 5.75 Å². The number of ketones is 4. The first-order chi connectivity index (χ1) is 19.4. The standard InChI is InChI=1S/C33H31NO7/c1-14-5-7-18(8-6-14)19-12-23(34-13-19)21-10-9-20-16(3)25-27(30(38)26(20)28(21)36)32(40)33(41)22(29(25)37)11-15(2)24(17(4)35)31(33)39/h5-10,12-13,16,22,25,27,29,34,36-37,41H,11H2,1-4H3. The lowest BCUT2D eigenvalue weighted by Crippen LogP contribution is -2.69. The highest BCUT2D eigenvalue weighted by atomic mass is 16.3. The number of benzene rings is 2. The van der Waals surface area contributed by atoms with Gasteiger partial charge in [0.15, 0.2) is 23.0 Å². The molecule has 210 valence electrons. The second kappa shape index (κ2) is 9.19. The lowest BCUT2D eigenvalue weighted by Gasteiger charge is -2.52. The molecule has 2 aromatic carbocycles. The fourth-order valence-corrected chi connectivity index (χ4v) is 7.30. The minimum Gasteiger partial charge on any atom is -0.506 e. The number of fused-ring (bicyclic) bond motifs is 3. The Balaban J connectivity index is 1.44. The van der Waals surface area contributed by atoms with Crippen LogP contribution in [0.2, 0.25) is 0 Å². The van der Waals surface area contributed by atoms with E-state index in [0.29, 0.717) is 22.4 Å². The Morgan fingerprint density at radius 2 is 1.71 bits per heavy atom. The summed E-state index contributed by atoms with van der Waals surface area (Å²) < 4.78 is 0. The number of aliphatic hydroxyl groups is 2. The first kappa shape index (κ1) is 27.1. The molecule has 6 atom stereocenters. The molecule has 1 saturated carbocycles. The molecule has 1 fully saturated rings. The average molecular weight is 554 g/mol. The quantitative estimate of drug-likeness (QED) is 0.283. The minimum absolute atomic E-state index is 0.0264. The Hall–Kier alpha value is -4.14. The van der Waals surface area contributed by atoms with E-state index in [9.17, 15) is 34.5 Å². The molecule has 4 N–H and O–H groups in total. The molecule has 8 nitrogen and oxygen atoms in total. The van der Waals surface area contributed by atoms with Crippen molar-refractivity contribution in [1.82, 2.24) is 4.98 Å². The highest BCUT2D eigenvalue weighted by molar-refractivity contribution is 6.33. The molecule has 0 amide bonds. The van der Waals surface area contributed by atoms with Gasteiger partial charge in [-0.3, -0.25) is 19.2 Å². The Bertz CT molecular complexity index is 1690. The Kier molecular flexibility index (Phi) is 6.06. The van der Waals surface area contributed by atoms with Gasteiger partial charge >= 0.3 is 0 Å². The molecule has 3 aliphatic carbocycles. The number of allylic oxidation sites excluding steroid dienone is 1. The Morgan fingerprint density at radius 1 is 1.02 bits per heavy atom. The van der Waals surface area contributed by atoms with E-state index in [1.807, 2.05) is 37.3 Å². The zero-order valence-electron chi connectivity index (χ0n) is 23.2. The van der Waals surface area contributed by atoms with Gasteiger partial charge in [0.2, 0.25) is 5.78 Å². The van der Waals surface area contributed by atoms with Gasteiger partial charge in [-0.05, 0) is 61.9 Å². The molecular weight excluding hydrogens is 522 g/mol. The molecular formula is C33H31NO7. The number of hydrogen-bond acceptors (Lipinski definition) is 7. The number of carbonyl (C=O) groups is 4. The molecule has 1 aromatic heterocycles. The van der Waals surface area contributed by atoms with E-state index in [-0.39, 0.29) is 23.3 Å². The van der Waals surface area contributed by atoms with Crippen LogP contribution in [0.1, 0.15) is 54.6 Å². The van der Waals surface area contributed by atoms with E-state index >= 15 is 0 Å². The number of phenols is 1. The van der Waals surface area contributed by atoms with Crippen LogP contribution in [0.4, 0.5) is 0 Å². The molecule has 3 aromatic rings. The zero-order valence-corrected chi connectivity index (χ0v) is 23.2. The Labute approximate surface area is 236 Å². The third-order valence-corrected chi connectivity index (χ3v) is 9.43. The first-order valence-electron chi connectivity index (χ1n) is 13.7. The molecule has 6 unspecified atom stereocenters. The van der Waals surface area contributed by atoms with Crippen molar-refractivity contribution in [2.45, 2.75) is 51.7 Å². The number of aromatic nitrogens is 1. The van der Waals surface area contributed by atoms with Gasteiger partial charge in [0, 0.05) is 29.3 Å². The first-order valence-corrected chi connectivity index (χ1v) is 13.7. The topological polar surface area (TPSA) is 145 Å². The molecule has 6 rings (SSSR count). The number of aromatic amines is 1. The maximum Gasteiger partial charge on any atom is 0.205 e. The minimum atomic E-state index is -2.70. The van der Waals surface area contributed by atoms with Crippen LogP contribution in [-0.4, -0.2) is 55.1 Å². The molecule has 1 heterocycles. The molecule has 0 saturated heterocycles. The highest BCUT2D eigenvalue weighted by Crippen LogP contribution is 2.55. The van der Waals surface area contributed by atoms with Crippen LogP contribution in [0, 0.1) is 24.7 Å². The van der Waals surface area contributed by atoms with Crippen LogP contribution >= 0.6 is 0 Å². The SMILES string of the molecule is CC(=O)C1=C(C)CC2C(O)C3C(C(=O)c4c(ccc(-c5cc(-c6ccc(C)cc6)c[nH]5)c4O)C3C)C(=O)C2(O)C1=O. The van der Waals surface area contributed by atoms with Gasteiger partial charge in [0.25, 0.3) is 0 Å². The van der Waals surface area contributed by atoms with Crippen molar-refractivity contribution in [3.05, 3.63) is 76.5 Å². The molecule has 0 spiro atoms. The number of aryl methyl sites for hydroxylation is 1. The highest BCUT2D eigenvalue weighted by Gasteiger charge is 2.67. The second-order valence-corrected chi connectivity index (χ2v) is 11.8. The number of H-pyrrole nitrogens is 1. The maximum atomic E-state index is 14.0. The monoisotopic (exact) mass is 553 g/mol. The maximum absolute atomic E-state index is 14.0. The number of nitrogens with one attached hydrogen (secondary N) is 1. The molecule has 0 aliphatic heterocycles. The number of hydrogen-bond donors (Lipinski definition) is 4. The van der Waals surface area contributed by atoms with Crippen LogP contribution < -0.4 is 0 Å². The number of aromatic hydroxyl groups is 1. The summed E-state index contributed by atoms with van der Waals surface area (Å²) in [5.41, 5.74) is 1.75. The predicted molar refractivity (Wildman–Crippen MR) is 150 cm³/mol. The third kappa shape index (κ3) is 3.67. The summed E-state index contributed by atoms with van der Waals surface area (Å²) in [6.07, 6.45) is 0.401. The molecule has 0 radical (unpaired) electrons. The van der Waals surface area contributed by atoms with Gasteiger partial charge in [-0.25, -0.2) is 0 Å².